The fourth-order valence-electron chi connectivity index (χ4n) is 2.48. The Morgan fingerprint density at radius 2 is 1.96 bits per heavy atom. The van der Waals surface area contributed by atoms with Gasteiger partial charge in [-0.25, -0.2) is 0 Å². The molecule has 0 aliphatic heterocycles. The topological polar surface area (TPSA) is 95.5 Å². The molecular formula is C16H19BrN2O4. The van der Waals surface area contributed by atoms with Crippen LogP contribution in [0.5, 0.6) is 0 Å². The van der Waals surface area contributed by atoms with Crippen LogP contribution >= 0.6 is 15.9 Å². The van der Waals surface area contributed by atoms with Crippen LogP contribution in [0.15, 0.2) is 22.7 Å². The van der Waals surface area contributed by atoms with E-state index in [-0.39, 0.29) is 24.8 Å². The van der Waals surface area contributed by atoms with Gasteiger partial charge in [0.15, 0.2) is 0 Å². The van der Waals surface area contributed by atoms with E-state index < -0.39 is 17.8 Å². The highest BCUT2D eigenvalue weighted by Crippen LogP contribution is 2.34. The van der Waals surface area contributed by atoms with Gasteiger partial charge >= 0.3 is 5.97 Å². The molecule has 23 heavy (non-hydrogen) atoms. The molecule has 1 aromatic rings. The lowest BCUT2D eigenvalue weighted by Gasteiger charge is -2.31. The van der Waals surface area contributed by atoms with Crippen LogP contribution in [0.2, 0.25) is 0 Å². The van der Waals surface area contributed by atoms with Gasteiger partial charge < -0.3 is 15.7 Å². The molecule has 1 aliphatic carbocycles. The van der Waals surface area contributed by atoms with Crippen molar-refractivity contribution in [3.63, 3.8) is 0 Å². The van der Waals surface area contributed by atoms with Gasteiger partial charge in [0.25, 0.3) is 0 Å². The third kappa shape index (κ3) is 4.54. The number of hydrogen-bond donors (Lipinski definition) is 3. The Morgan fingerprint density at radius 3 is 2.57 bits per heavy atom. The van der Waals surface area contributed by atoms with Crippen molar-refractivity contribution >= 4 is 39.4 Å². The van der Waals surface area contributed by atoms with Crippen LogP contribution in [0, 0.1) is 18.8 Å². The average molecular weight is 383 g/mol. The lowest BCUT2D eigenvalue weighted by molar-refractivity contribution is -0.152. The number of benzene rings is 1. The molecule has 2 amide bonds. The molecule has 0 saturated heterocycles. The quantitative estimate of drug-likeness (QED) is 0.703. The van der Waals surface area contributed by atoms with Crippen LogP contribution in [0.4, 0.5) is 5.69 Å². The summed E-state index contributed by atoms with van der Waals surface area (Å²) in [6, 6.07) is 5.60. The summed E-state index contributed by atoms with van der Waals surface area (Å²) in [4.78, 5) is 34.7. The third-order valence-electron chi connectivity index (χ3n) is 4.05. The first-order chi connectivity index (χ1) is 10.9. The van der Waals surface area contributed by atoms with Crippen molar-refractivity contribution in [2.75, 3.05) is 11.9 Å². The summed E-state index contributed by atoms with van der Waals surface area (Å²) in [5, 5.41) is 14.4. The number of carboxylic acids is 1. The second-order valence-corrected chi connectivity index (χ2v) is 6.59. The molecule has 6 nitrogen and oxygen atoms in total. The van der Waals surface area contributed by atoms with Crippen LogP contribution in [-0.2, 0) is 14.4 Å². The third-order valence-corrected chi connectivity index (χ3v) is 4.55. The van der Waals surface area contributed by atoms with Crippen LogP contribution in [0.1, 0.15) is 24.8 Å². The minimum absolute atomic E-state index is 0.141. The number of carbonyl (C=O) groups excluding carboxylic acids is 2. The molecule has 3 N–H and O–H groups in total. The summed E-state index contributed by atoms with van der Waals surface area (Å²) >= 11 is 3.35. The highest BCUT2D eigenvalue weighted by Gasteiger charge is 2.41. The molecule has 2 rings (SSSR count). The number of amides is 2. The van der Waals surface area contributed by atoms with Gasteiger partial charge in [-0.3, -0.25) is 14.4 Å². The van der Waals surface area contributed by atoms with E-state index in [4.69, 9.17) is 5.11 Å². The minimum Gasteiger partial charge on any atom is -0.481 e. The predicted octanol–water partition coefficient (Wildman–Crippen LogP) is 2.31. The lowest BCUT2D eigenvalue weighted by atomic mass is 9.73. The van der Waals surface area contributed by atoms with Gasteiger partial charge in [0.2, 0.25) is 11.8 Å². The first-order valence-corrected chi connectivity index (χ1v) is 8.24. The molecule has 1 saturated carbocycles. The number of hydrogen-bond acceptors (Lipinski definition) is 3. The molecule has 0 bridgehead atoms. The standard InChI is InChI=1S/C16H19BrN2O4/c1-9-2-3-10(17)8-13(9)19-14(20)6-7-18-15(21)11-4-5-12(11)16(22)23/h2-3,8,11-12H,4-7H2,1H3,(H,18,21)(H,19,20)(H,22,23). The molecule has 1 fully saturated rings. The largest absolute Gasteiger partial charge is 0.481 e. The maximum atomic E-state index is 11.9. The fourth-order valence-corrected chi connectivity index (χ4v) is 2.84. The van der Waals surface area contributed by atoms with Gasteiger partial charge in [-0.05, 0) is 37.5 Å². The van der Waals surface area contributed by atoms with Crippen molar-refractivity contribution in [1.82, 2.24) is 5.32 Å². The summed E-state index contributed by atoms with van der Waals surface area (Å²) in [6.07, 6.45) is 1.27. The monoisotopic (exact) mass is 382 g/mol. The molecule has 1 aliphatic rings. The molecule has 0 radical (unpaired) electrons. The smallest absolute Gasteiger partial charge is 0.307 e. The van der Waals surface area contributed by atoms with E-state index in [9.17, 15) is 14.4 Å². The molecule has 7 heteroatoms. The van der Waals surface area contributed by atoms with Crippen LogP contribution in [-0.4, -0.2) is 29.4 Å². The zero-order chi connectivity index (χ0) is 17.0. The van der Waals surface area contributed by atoms with E-state index in [1.807, 2.05) is 25.1 Å². The Hall–Kier alpha value is -1.89. The van der Waals surface area contributed by atoms with Crippen molar-refractivity contribution in [3.8, 4) is 0 Å². The predicted molar refractivity (Wildman–Crippen MR) is 89.0 cm³/mol. The maximum absolute atomic E-state index is 11.9. The summed E-state index contributed by atoms with van der Waals surface area (Å²) < 4.78 is 0.872. The maximum Gasteiger partial charge on any atom is 0.307 e. The van der Waals surface area contributed by atoms with E-state index in [0.29, 0.717) is 12.8 Å². The number of anilines is 1. The highest BCUT2D eigenvalue weighted by atomic mass is 79.9. The number of carboxylic acid groups (broad SMARTS) is 1. The summed E-state index contributed by atoms with van der Waals surface area (Å²) in [5.74, 6) is -2.47. The van der Waals surface area contributed by atoms with Crippen molar-refractivity contribution < 1.29 is 19.5 Å². The zero-order valence-electron chi connectivity index (χ0n) is 12.8. The Balaban J connectivity index is 1.76. The number of rotatable bonds is 6. The van der Waals surface area contributed by atoms with Gasteiger partial charge in [0.1, 0.15) is 0 Å². The molecule has 0 heterocycles. The van der Waals surface area contributed by atoms with Gasteiger partial charge in [0.05, 0.1) is 11.8 Å². The summed E-state index contributed by atoms with van der Waals surface area (Å²) in [7, 11) is 0. The lowest BCUT2D eigenvalue weighted by Crippen LogP contribution is -2.44. The second kappa shape index (κ2) is 7.59. The van der Waals surface area contributed by atoms with Crippen molar-refractivity contribution in [2.24, 2.45) is 11.8 Å². The minimum atomic E-state index is -0.931. The average Bonchev–Trinajstić information content (AvgIpc) is 2.41. The van der Waals surface area contributed by atoms with E-state index in [0.717, 1.165) is 15.7 Å². The summed E-state index contributed by atoms with van der Waals surface area (Å²) in [5.41, 5.74) is 1.67. The van der Waals surface area contributed by atoms with E-state index in [1.54, 1.807) is 0 Å². The highest BCUT2D eigenvalue weighted by molar-refractivity contribution is 9.10. The Kier molecular flexibility index (Phi) is 5.76. The van der Waals surface area contributed by atoms with Crippen LogP contribution < -0.4 is 10.6 Å². The Bertz CT molecular complexity index is 633. The zero-order valence-corrected chi connectivity index (χ0v) is 14.4. The van der Waals surface area contributed by atoms with Gasteiger partial charge in [-0.15, -0.1) is 0 Å². The first-order valence-electron chi connectivity index (χ1n) is 7.45. The van der Waals surface area contributed by atoms with Gasteiger partial charge in [-0.1, -0.05) is 22.0 Å². The number of aliphatic carboxylic acids is 1. The second-order valence-electron chi connectivity index (χ2n) is 5.68. The number of halogens is 1. The van der Waals surface area contributed by atoms with Crippen molar-refractivity contribution in [1.29, 1.82) is 0 Å². The normalized spacial score (nSPS) is 19.6. The van der Waals surface area contributed by atoms with Crippen LogP contribution in [0.25, 0.3) is 0 Å². The number of carbonyl (C=O) groups is 3. The molecule has 1 aromatic carbocycles. The van der Waals surface area contributed by atoms with E-state index in [2.05, 4.69) is 26.6 Å². The SMILES string of the molecule is Cc1ccc(Br)cc1NC(=O)CCNC(=O)C1CCC1C(=O)O. The van der Waals surface area contributed by atoms with E-state index >= 15 is 0 Å². The number of aryl methyl sites for hydroxylation is 1. The summed E-state index contributed by atoms with van der Waals surface area (Å²) in [6.45, 7) is 2.09. The molecule has 0 spiro atoms. The first kappa shape index (κ1) is 17.5. The Morgan fingerprint density at radius 1 is 1.26 bits per heavy atom. The molecule has 0 aromatic heterocycles. The molecule has 124 valence electrons. The number of nitrogens with one attached hydrogen (secondary N) is 2. The van der Waals surface area contributed by atoms with Crippen molar-refractivity contribution in [2.45, 2.75) is 26.2 Å². The molecule has 2 atom stereocenters. The molecular weight excluding hydrogens is 364 g/mol. The van der Waals surface area contributed by atoms with Crippen molar-refractivity contribution in [3.05, 3.63) is 28.2 Å². The van der Waals surface area contributed by atoms with E-state index in [1.165, 1.54) is 0 Å². The van der Waals surface area contributed by atoms with Gasteiger partial charge in [0, 0.05) is 23.1 Å². The Labute approximate surface area is 142 Å². The molecule has 2 unspecified atom stereocenters. The van der Waals surface area contributed by atoms with Crippen LogP contribution in [0.3, 0.4) is 0 Å². The van der Waals surface area contributed by atoms with Gasteiger partial charge in [-0.2, -0.15) is 0 Å². The fraction of sp³-hybridized carbons (Fsp3) is 0.438.